The number of amides is 2. The van der Waals surface area contributed by atoms with Crippen molar-refractivity contribution in [3.63, 3.8) is 0 Å². The number of hydrogen-bond acceptors (Lipinski definition) is 6. The number of furan rings is 1. The van der Waals surface area contributed by atoms with Crippen molar-refractivity contribution in [1.29, 1.82) is 0 Å². The van der Waals surface area contributed by atoms with Gasteiger partial charge in [-0.3, -0.25) is 4.90 Å². The van der Waals surface area contributed by atoms with E-state index in [-0.39, 0.29) is 5.09 Å². The van der Waals surface area contributed by atoms with Gasteiger partial charge in [0.2, 0.25) is 5.09 Å². The van der Waals surface area contributed by atoms with Gasteiger partial charge < -0.3 is 14.8 Å². The summed E-state index contributed by atoms with van der Waals surface area (Å²) in [5.41, 5.74) is 4.91. The number of aliphatic hydroxyl groups is 1. The molecule has 1 heterocycles. The summed E-state index contributed by atoms with van der Waals surface area (Å²) in [5, 5.41) is 13.7. The van der Waals surface area contributed by atoms with E-state index in [1.165, 1.54) is 6.07 Å². The van der Waals surface area contributed by atoms with Crippen LogP contribution in [0, 0.1) is 6.92 Å². The second-order valence-electron chi connectivity index (χ2n) is 10.3. The van der Waals surface area contributed by atoms with E-state index in [1.54, 1.807) is 6.92 Å². The molecule has 3 N–H and O–H groups in total. The molecule has 8 nitrogen and oxygen atoms in total. The molecular formula is C25H32ClN3O5S. The number of nitrogens with one attached hydrogen (secondary N) is 2. The smallest absolute Gasteiger partial charge is 0.333 e. The van der Waals surface area contributed by atoms with Crippen molar-refractivity contribution in [2.75, 3.05) is 18.9 Å². The monoisotopic (exact) mass is 521 g/mol. The van der Waals surface area contributed by atoms with E-state index < -0.39 is 21.7 Å². The summed E-state index contributed by atoms with van der Waals surface area (Å²) in [4.78, 5) is 14.8. The molecule has 190 valence electrons. The molecule has 1 saturated carbocycles. The molecule has 35 heavy (non-hydrogen) atoms. The Morgan fingerprint density at radius 1 is 1.11 bits per heavy atom. The van der Waals surface area contributed by atoms with Crippen LogP contribution < -0.4 is 10.0 Å². The predicted octanol–water partition coefficient (Wildman–Crippen LogP) is 4.08. The second-order valence-corrected chi connectivity index (χ2v) is 12.3. The van der Waals surface area contributed by atoms with Crippen LogP contribution in [-0.2, 0) is 42.3 Å². The number of carbonyl (C=O) groups is 1. The highest BCUT2D eigenvalue weighted by molar-refractivity contribution is 7.89. The lowest BCUT2D eigenvalue weighted by atomic mass is 9.80. The van der Waals surface area contributed by atoms with Crippen molar-refractivity contribution < 1.29 is 22.7 Å². The normalized spacial score (nSPS) is 18.3. The van der Waals surface area contributed by atoms with Gasteiger partial charge in [-0.25, -0.2) is 9.52 Å². The average molecular weight is 522 g/mol. The summed E-state index contributed by atoms with van der Waals surface area (Å²) in [5.74, 6) is 0.490. The lowest BCUT2D eigenvalue weighted by molar-refractivity contribution is -0.0564. The van der Waals surface area contributed by atoms with Crippen LogP contribution in [-0.4, -0.2) is 43.6 Å². The average Bonchev–Trinajstić information content (AvgIpc) is 3.50. The van der Waals surface area contributed by atoms with Gasteiger partial charge in [-0.1, -0.05) is 11.6 Å². The molecule has 1 fully saturated rings. The van der Waals surface area contributed by atoms with Gasteiger partial charge in [0.05, 0.1) is 12.1 Å². The molecule has 0 saturated heterocycles. The van der Waals surface area contributed by atoms with Crippen molar-refractivity contribution >= 4 is 33.3 Å². The van der Waals surface area contributed by atoms with Crippen molar-refractivity contribution in [3.05, 3.63) is 44.7 Å². The largest absolute Gasteiger partial charge is 0.446 e. The number of aryl methyl sites for hydroxylation is 1. The number of rotatable bonds is 7. The summed E-state index contributed by atoms with van der Waals surface area (Å²) >= 11 is 6.64. The van der Waals surface area contributed by atoms with E-state index in [0.717, 1.165) is 85.1 Å². The number of anilines is 1. The first-order valence-corrected chi connectivity index (χ1v) is 14.1. The lowest BCUT2D eigenvalue weighted by Gasteiger charge is -2.39. The van der Waals surface area contributed by atoms with Crippen LogP contribution in [0.2, 0.25) is 5.02 Å². The Kier molecular flexibility index (Phi) is 6.40. The number of urea groups is 1. The first-order valence-electron chi connectivity index (χ1n) is 12.3. The van der Waals surface area contributed by atoms with Gasteiger partial charge in [0, 0.05) is 23.3 Å². The van der Waals surface area contributed by atoms with Gasteiger partial charge in [0.1, 0.15) is 5.76 Å². The number of fused-ring (bicyclic) bond motifs is 2. The predicted molar refractivity (Wildman–Crippen MR) is 133 cm³/mol. The number of benzene rings is 1. The highest BCUT2D eigenvalue weighted by Crippen LogP contribution is 2.44. The zero-order valence-electron chi connectivity index (χ0n) is 20.2. The third-order valence-electron chi connectivity index (χ3n) is 7.56. The molecule has 3 aliphatic rings. The number of sulfonamides is 1. The Bertz CT molecular complexity index is 1250. The maximum Gasteiger partial charge on any atom is 0.333 e. The summed E-state index contributed by atoms with van der Waals surface area (Å²) < 4.78 is 33.7. The van der Waals surface area contributed by atoms with Gasteiger partial charge in [0.25, 0.3) is 10.0 Å². The first kappa shape index (κ1) is 24.6. The number of halogens is 1. The zero-order valence-corrected chi connectivity index (χ0v) is 21.7. The minimum atomic E-state index is -4.20. The maximum atomic E-state index is 12.9. The molecule has 2 amide bonds. The lowest BCUT2D eigenvalue weighted by Crippen LogP contribution is -2.46. The Morgan fingerprint density at radius 2 is 1.71 bits per heavy atom. The summed E-state index contributed by atoms with van der Waals surface area (Å²) in [6.45, 7) is 2.62. The van der Waals surface area contributed by atoms with E-state index in [2.05, 4.69) is 10.0 Å². The first-order chi connectivity index (χ1) is 16.6. The Hall–Kier alpha value is -2.07. The van der Waals surface area contributed by atoms with E-state index >= 15 is 0 Å². The van der Waals surface area contributed by atoms with Crippen molar-refractivity contribution in [2.24, 2.45) is 0 Å². The summed E-state index contributed by atoms with van der Waals surface area (Å²) in [6.07, 6.45) is 7.86. The standard InChI is InChI=1S/C25H32ClN3O5S/c1-15-12-21(34-20(15)13-29(2)14-25(31)10-5-11-25)35(32,33)28-24(30)27-23-18-8-3-6-16(18)22(26)17-7-4-9-19(17)23/h12,31H,3-11,13-14H2,1-2H3,(H2,27,28,30). The molecule has 0 spiro atoms. The second kappa shape index (κ2) is 9.10. The van der Waals surface area contributed by atoms with E-state index in [0.29, 0.717) is 30.1 Å². The molecule has 0 unspecified atom stereocenters. The minimum Gasteiger partial charge on any atom is -0.446 e. The fraction of sp³-hybridized carbons (Fsp3) is 0.560. The van der Waals surface area contributed by atoms with Crippen LogP contribution in [0.1, 0.15) is 65.7 Å². The van der Waals surface area contributed by atoms with Gasteiger partial charge in [-0.2, -0.15) is 8.42 Å². The van der Waals surface area contributed by atoms with E-state index in [1.807, 2.05) is 11.9 Å². The molecule has 0 radical (unpaired) electrons. The Labute approximate surface area is 211 Å². The van der Waals surface area contributed by atoms with Crippen LogP contribution in [0.4, 0.5) is 10.5 Å². The van der Waals surface area contributed by atoms with E-state index in [9.17, 15) is 18.3 Å². The number of hydrogen-bond donors (Lipinski definition) is 3. The SMILES string of the molecule is Cc1cc(S(=O)(=O)NC(=O)Nc2c3c(c(Cl)c4c2CCC4)CCC3)oc1CN(C)CC1(O)CCC1. The van der Waals surface area contributed by atoms with Gasteiger partial charge in [0.15, 0.2) is 0 Å². The third kappa shape index (κ3) is 4.71. The Morgan fingerprint density at radius 3 is 2.29 bits per heavy atom. The van der Waals surface area contributed by atoms with Crippen LogP contribution in [0.5, 0.6) is 0 Å². The molecule has 0 bridgehead atoms. The topological polar surface area (TPSA) is 112 Å². The number of likely N-dealkylation sites (N-methyl/N-ethyl adjacent to an activating group) is 1. The molecule has 0 atom stereocenters. The highest BCUT2D eigenvalue weighted by atomic mass is 35.5. The van der Waals surface area contributed by atoms with Crippen LogP contribution >= 0.6 is 11.6 Å². The van der Waals surface area contributed by atoms with Gasteiger partial charge in [-0.15, -0.1) is 0 Å². The van der Waals surface area contributed by atoms with Gasteiger partial charge >= 0.3 is 6.03 Å². The summed E-state index contributed by atoms with van der Waals surface area (Å²) in [6, 6.07) is 0.615. The van der Waals surface area contributed by atoms with Crippen LogP contribution in [0.15, 0.2) is 15.6 Å². The molecule has 1 aromatic heterocycles. The zero-order chi connectivity index (χ0) is 25.0. The Balaban J connectivity index is 1.30. The quantitative estimate of drug-likeness (QED) is 0.506. The van der Waals surface area contributed by atoms with Crippen molar-refractivity contribution in [1.82, 2.24) is 9.62 Å². The molecule has 5 rings (SSSR count). The van der Waals surface area contributed by atoms with Crippen LogP contribution in [0.3, 0.4) is 0 Å². The molecule has 0 aliphatic heterocycles. The maximum absolute atomic E-state index is 12.9. The van der Waals surface area contributed by atoms with Gasteiger partial charge in [-0.05, 0) is 99.6 Å². The molecule has 3 aliphatic carbocycles. The van der Waals surface area contributed by atoms with Crippen molar-refractivity contribution in [3.8, 4) is 0 Å². The highest BCUT2D eigenvalue weighted by Gasteiger charge is 2.36. The van der Waals surface area contributed by atoms with Crippen molar-refractivity contribution in [2.45, 2.75) is 81.9 Å². The molecule has 1 aromatic carbocycles. The van der Waals surface area contributed by atoms with E-state index in [4.69, 9.17) is 16.0 Å². The molecule has 2 aromatic rings. The summed E-state index contributed by atoms with van der Waals surface area (Å²) in [7, 11) is -2.34. The molecular weight excluding hydrogens is 490 g/mol. The fourth-order valence-electron chi connectivity index (χ4n) is 5.67. The van der Waals surface area contributed by atoms with Crippen LogP contribution in [0.25, 0.3) is 0 Å². The minimum absolute atomic E-state index is 0.303. The third-order valence-corrected chi connectivity index (χ3v) is 9.20. The molecule has 10 heteroatoms. The number of nitrogens with zero attached hydrogens (tertiary/aromatic N) is 1. The fourth-order valence-corrected chi connectivity index (χ4v) is 7.03. The number of carbonyl (C=O) groups excluding carboxylic acids is 1.